The molecular formula is C16H25N3O. The van der Waals surface area contributed by atoms with Crippen molar-refractivity contribution in [3.63, 3.8) is 0 Å². The van der Waals surface area contributed by atoms with Crippen molar-refractivity contribution < 1.29 is 5.11 Å². The summed E-state index contributed by atoms with van der Waals surface area (Å²) < 4.78 is 2.06. The molecule has 1 aromatic carbocycles. The van der Waals surface area contributed by atoms with Crippen molar-refractivity contribution in [2.24, 2.45) is 7.05 Å². The molecular weight excluding hydrogens is 250 g/mol. The van der Waals surface area contributed by atoms with Crippen LogP contribution in [0.15, 0.2) is 24.3 Å². The van der Waals surface area contributed by atoms with Gasteiger partial charge in [-0.1, -0.05) is 12.1 Å². The minimum Gasteiger partial charge on any atom is -0.388 e. The van der Waals surface area contributed by atoms with Crippen molar-refractivity contribution in [1.29, 1.82) is 0 Å². The molecule has 1 aromatic heterocycles. The van der Waals surface area contributed by atoms with Crippen molar-refractivity contribution in [3.05, 3.63) is 30.1 Å². The van der Waals surface area contributed by atoms with Crippen LogP contribution in [0.25, 0.3) is 11.0 Å². The lowest BCUT2D eigenvalue weighted by Crippen LogP contribution is -2.47. The molecule has 110 valence electrons. The first-order valence-corrected chi connectivity index (χ1v) is 7.06. The number of imidazole rings is 1. The lowest BCUT2D eigenvalue weighted by molar-refractivity contribution is 0.0510. The van der Waals surface area contributed by atoms with Gasteiger partial charge in [0.15, 0.2) is 0 Å². The van der Waals surface area contributed by atoms with Crippen molar-refractivity contribution in [2.75, 3.05) is 6.54 Å². The number of nitrogens with one attached hydrogen (secondary N) is 1. The molecule has 0 aliphatic rings. The lowest BCUT2D eigenvalue weighted by Gasteiger charge is -2.29. The third-order valence-electron chi connectivity index (χ3n) is 3.42. The third-order valence-corrected chi connectivity index (χ3v) is 3.42. The third kappa shape index (κ3) is 3.58. The molecule has 4 heteroatoms. The molecule has 4 nitrogen and oxygen atoms in total. The molecule has 1 heterocycles. The van der Waals surface area contributed by atoms with Gasteiger partial charge >= 0.3 is 0 Å². The Morgan fingerprint density at radius 2 is 1.85 bits per heavy atom. The second-order valence-corrected chi connectivity index (χ2v) is 6.85. The summed E-state index contributed by atoms with van der Waals surface area (Å²) in [7, 11) is 2.00. The Kier molecular flexibility index (Phi) is 3.89. The van der Waals surface area contributed by atoms with E-state index in [1.165, 1.54) is 0 Å². The van der Waals surface area contributed by atoms with Crippen LogP contribution in [0, 0.1) is 0 Å². The number of hydrogen-bond donors (Lipinski definition) is 2. The molecule has 0 fully saturated rings. The Balaban J connectivity index is 2.16. The van der Waals surface area contributed by atoms with Gasteiger partial charge in [-0.05, 0) is 39.8 Å². The first-order valence-electron chi connectivity index (χ1n) is 7.06. The molecule has 0 radical (unpaired) electrons. The van der Waals surface area contributed by atoms with Crippen molar-refractivity contribution in [3.8, 4) is 0 Å². The van der Waals surface area contributed by atoms with Crippen LogP contribution in [-0.4, -0.2) is 32.3 Å². The Labute approximate surface area is 120 Å². The highest BCUT2D eigenvalue weighted by Gasteiger charge is 2.25. The maximum absolute atomic E-state index is 10.6. The van der Waals surface area contributed by atoms with Gasteiger partial charge in [-0.2, -0.15) is 0 Å². The Bertz CT molecular complexity index is 593. The first-order chi connectivity index (χ1) is 9.18. The Morgan fingerprint density at radius 1 is 1.20 bits per heavy atom. The monoisotopic (exact) mass is 275 g/mol. The quantitative estimate of drug-likeness (QED) is 0.900. The van der Waals surface area contributed by atoms with Crippen LogP contribution in [-0.2, 0) is 13.5 Å². The van der Waals surface area contributed by atoms with Gasteiger partial charge in [0.2, 0.25) is 0 Å². The topological polar surface area (TPSA) is 50.1 Å². The molecule has 1 unspecified atom stereocenters. The van der Waals surface area contributed by atoms with Crippen LogP contribution in [0.1, 0.15) is 33.5 Å². The fourth-order valence-corrected chi connectivity index (χ4v) is 2.21. The summed E-state index contributed by atoms with van der Waals surface area (Å²) >= 11 is 0. The van der Waals surface area contributed by atoms with E-state index in [0.29, 0.717) is 13.0 Å². The molecule has 2 N–H and O–H groups in total. The highest BCUT2D eigenvalue weighted by atomic mass is 16.3. The molecule has 0 saturated heterocycles. The lowest BCUT2D eigenvalue weighted by atomic mass is 9.99. The highest BCUT2D eigenvalue weighted by Crippen LogP contribution is 2.18. The fourth-order valence-electron chi connectivity index (χ4n) is 2.21. The number of hydrogen-bond acceptors (Lipinski definition) is 3. The van der Waals surface area contributed by atoms with Gasteiger partial charge in [0, 0.05) is 25.6 Å². The maximum atomic E-state index is 10.6. The van der Waals surface area contributed by atoms with E-state index in [1.54, 1.807) is 0 Å². The SMILES string of the molecule is Cn1c(CC(C)(O)CNC(C)(C)C)nc2ccccc21. The molecule has 0 aliphatic carbocycles. The predicted molar refractivity (Wildman–Crippen MR) is 82.8 cm³/mol. The second-order valence-electron chi connectivity index (χ2n) is 6.85. The first kappa shape index (κ1) is 15.0. The summed E-state index contributed by atoms with van der Waals surface area (Å²) in [5.74, 6) is 0.909. The fraction of sp³-hybridized carbons (Fsp3) is 0.562. The summed E-state index contributed by atoms with van der Waals surface area (Å²) in [5.41, 5.74) is 1.25. The standard InChI is InChI=1S/C16H25N3O/c1-15(2,3)17-11-16(4,20)10-14-18-12-8-6-7-9-13(12)19(14)5/h6-9,17,20H,10-11H2,1-5H3. The Hall–Kier alpha value is -1.39. The zero-order valence-electron chi connectivity index (χ0n) is 13.1. The largest absolute Gasteiger partial charge is 0.388 e. The number of aryl methyl sites for hydroxylation is 1. The molecule has 0 aliphatic heterocycles. The molecule has 0 bridgehead atoms. The molecule has 0 saturated carbocycles. The van der Waals surface area contributed by atoms with E-state index in [4.69, 9.17) is 0 Å². The summed E-state index contributed by atoms with van der Waals surface area (Å²) in [6, 6.07) is 8.04. The predicted octanol–water partition coefficient (Wildman–Crippen LogP) is 2.25. The van der Waals surface area contributed by atoms with E-state index in [2.05, 4.69) is 35.6 Å². The average molecular weight is 275 g/mol. The van der Waals surface area contributed by atoms with Gasteiger partial charge in [-0.15, -0.1) is 0 Å². The van der Waals surface area contributed by atoms with Crippen LogP contribution in [0.4, 0.5) is 0 Å². The summed E-state index contributed by atoms with van der Waals surface area (Å²) in [4.78, 5) is 4.62. The van der Waals surface area contributed by atoms with E-state index in [-0.39, 0.29) is 5.54 Å². The van der Waals surface area contributed by atoms with E-state index in [1.807, 2.05) is 38.2 Å². The van der Waals surface area contributed by atoms with Crippen LogP contribution in [0.2, 0.25) is 0 Å². The van der Waals surface area contributed by atoms with E-state index < -0.39 is 5.60 Å². The minimum absolute atomic E-state index is 0.00363. The number of benzene rings is 1. The molecule has 2 rings (SSSR count). The molecule has 20 heavy (non-hydrogen) atoms. The van der Waals surface area contributed by atoms with Crippen molar-refractivity contribution in [1.82, 2.24) is 14.9 Å². The summed E-state index contributed by atoms with van der Waals surface area (Å²) in [6.45, 7) is 8.68. The van der Waals surface area contributed by atoms with Gasteiger partial charge in [-0.3, -0.25) is 0 Å². The van der Waals surface area contributed by atoms with E-state index >= 15 is 0 Å². The average Bonchev–Trinajstić information content (AvgIpc) is 2.63. The van der Waals surface area contributed by atoms with Gasteiger partial charge in [0.25, 0.3) is 0 Å². The zero-order valence-corrected chi connectivity index (χ0v) is 13.1. The number of aromatic nitrogens is 2. The van der Waals surface area contributed by atoms with Crippen molar-refractivity contribution >= 4 is 11.0 Å². The number of para-hydroxylation sites is 2. The molecule has 1 atom stereocenters. The zero-order chi connectivity index (χ0) is 15.0. The van der Waals surface area contributed by atoms with Crippen LogP contribution < -0.4 is 5.32 Å². The number of nitrogens with zero attached hydrogens (tertiary/aromatic N) is 2. The highest BCUT2D eigenvalue weighted by molar-refractivity contribution is 5.75. The number of aliphatic hydroxyl groups is 1. The molecule has 0 spiro atoms. The Morgan fingerprint density at radius 3 is 2.45 bits per heavy atom. The van der Waals surface area contributed by atoms with Crippen LogP contribution in [0.3, 0.4) is 0 Å². The number of fused-ring (bicyclic) bond motifs is 1. The number of β-amino-alcohol motifs (C(OH)–C–C–N with tert-alkyl or cyclic N) is 1. The van der Waals surface area contributed by atoms with Crippen LogP contribution in [0.5, 0.6) is 0 Å². The van der Waals surface area contributed by atoms with Gasteiger partial charge in [0.05, 0.1) is 16.6 Å². The maximum Gasteiger partial charge on any atom is 0.112 e. The smallest absolute Gasteiger partial charge is 0.112 e. The second kappa shape index (κ2) is 5.19. The van der Waals surface area contributed by atoms with Crippen molar-refractivity contribution in [2.45, 2.75) is 45.3 Å². The molecule has 0 amide bonds. The minimum atomic E-state index is -0.817. The van der Waals surface area contributed by atoms with E-state index in [0.717, 1.165) is 16.9 Å². The van der Waals surface area contributed by atoms with E-state index in [9.17, 15) is 5.11 Å². The summed E-state index contributed by atoms with van der Waals surface area (Å²) in [6.07, 6.45) is 0.529. The number of rotatable bonds is 4. The van der Waals surface area contributed by atoms with Gasteiger partial charge in [-0.25, -0.2) is 4.98 Å². The van der Waals surface area contributed by atoms with Gasteiger partial charge in [0.1, 0.15) is 5.82 Å². The molecule has 2 aromatic rings. The normalized spacial score (nSPS) is 15.5. The van der Waals surface area contributed by atoms with Gasteiger partial charge < -0.3 is 15.0 Å². The summed E-state index contributed by atoms with van der Waals surface area (Å²) in [5, 5.41) is 13.9. The van der Waals surface area contributed by atoms with Crippen LogP contribution >= 0.6 is 0 Å².